The summed E-state index contributed by atoms with van der Waals surface area (Å²) in [6.07, 6.45) is 11.3. The van der Waals surface area contributed by atoms with Gasteiger partial charge in [0.15, 0.2) is 0 Å². The van der Waals surface area contributed by atoms with E-state index in [0.29, 0.717) is 6.47 Å². The fraction of sp³-hybridized carbons (Fsp3) is 0.667. The van der Waals surface area contributed by atoms with Crippen LogP contribution < -0.4 is 0 Å². The van der Waals surface area contributed by atoms with Gasteiger partial charge in [-0.3, -0.25) is 9.59 Å². The van der Waals surface area contributed by atoms with Gasteiger partial charge in [-0.15, -0.1) is 0 Å². The summed E-state index contributed by atoms with van der Waals surface area (Å²) < 4.78 is 5.20. The average molecular weight is 389 g/mol. The minimum atomic E-state index is -0.706. The first-order valence-corrected chi connectivity index (χ1v) is 10.7. The molecule has 156 valence electrons. The Labute approximate surface area is 169 Å². The van der Waals surface area contributed by atoms with E-state index in [-0.39, 0.29) is 5.60 Å². The van der Waals surface area contributed by atoms with Crippen molar-refractivity contribution in [3.05, 3.63) is 34.9 Å². The molecule has 0 unspecified atom stereocenters. The molecule has 1 fully saturated rings. The molecule has 0 amide bonds. The van der Waals surface area contributed by atoms with Crippen LogP contribution in [-0.4, -0.2) is 23.1 Å². The predicted molar refractivity (Wildman–Crippen MR) is 111 cm³/mol. The summed E-state index contributed by atoms with van der Waals surface area (Å²) in [7, 11) is 0. The number of carbonyl (C=O) groups excluding carboxylic acids is 1. The average Bonchev–Trinajstić information content (AvgIpc) is 3.40. The number of benzene rings is 1. The Morgan fingerprint density at radius 3 is 2.46 bits per heavy atom. The fourth-order valence-electron chi connectivity index (χ4n) is 3.80. The normalized spacial score (nSPS) is 15.2. The zero-order valence-corrected chi connectivity index (χ0v) is 17.8. The van der Waals surface area contributed by atoms with Crippen LogP contribution in [0.25, 0.3) is 0 Å². The number of hydrogen-bond acceptors (Lipinski definition) is 3. The maximum absolute atomic E-state index is 11.1. The van der Waals surface area contributed by atoms with E-state index in [1.165, 1.54) is 16.7 Å². The molecular formula is C24H36O4. The van der Waals surface area contributed by atoms with Crippen molar-refractivity contribution in [1.82, 2.24) is 0 Å². The second kappa shape index (κ2) is 10.1. The molecule has 0 radical (unpaired) electrons. The van der Waals surface area contributed by atoms with E-state index in [4.69, 9.17) is 9.84 Å². The Hall–Kier alpha value is -1.84. The lowest BCUT2D eigenvalue weighted by molar-refractivity contribution is -0.147. The van der Waals surface area contributed by atoms with E-state index in [0.717, 1.165) is 70.6 Å². The van der Waals surface area contributed by atoms with Crippen molar-refractivity contribution in [3.8, 4) is 0 Å². The van der Waals surface area contributed by atoms with Crippen LogP contribution in [0.5, 0.6) is 0 Å². The van der Waals surface area contributed by atoms with Crippen LogP contribution in [0, 0.1) is 12.3 Å². The molecule has 1 aliphatic rings. The van der Waals surface area contributed by atoms with Crippen LogP contribution in [0.3, 0.4) is 0 Å². The van der Waals surface area contributed by atoms with Gasteiger partial charge in [0.2, 0.25) is 0 Å². The Kier molecular flexibility index (Phi) is 8.09. The Morgan fingerprint density at radius 1 is 1.14 bits per heavy atom. The van der Waals surface area contributed by atoms with Crippen LogP contribution in [0.15, 0.2) is 18.2 Å². The number of rotatable bonds is 14. The first-order valence-electron chi connectivity index (χ1n) is 10.7. The van der Waals surface area contributed by atoms with E-state index in [1.54, 1.807) is 13.8 Å². The van der Waals surface area contributed by atoms with Gasteiger partial charge >= 0.3 is 5.97 Å². The van der Waals surface area contributed by atoms with Gasteiger partial charge in [-0.1, -0.05) is 31.0 Å². The van der Waals surface area contributed by atoms with Crippen molar-refractivity contribution < 1.29 is 19.4 Å². The second-order valence-electron chi connectivity index (χ2n) is 9.11. The Bertz CT molecular complexity index is 659. The van der Waals surface area contributed by atoms with Crippen molar-refractivity contribution in [3.63, 3.8) is 0 Å². The van der Waals surface area contributed by atoms with Gasteiger partial charge in [-0.05, 0) is 95.2 Å². The van der Waals surface area contributed by atoms with Crippen LogP contribution >= 0.6 is 0 Å². The molecule has 2 rings (SSSR count). The maximum atomic E-state index is 11.1. The molecule has 0 atom stereocenters. The highest BCUT2D eigenvalue weighted by Crippen LogP contribution is 2.43. The van der Waals surface area contributed by atoms with Crippen molar-refractivity contribution >= 4 is 12.4 Å². The molecule has 1 saturated carbocycles. The van der Waals surface area contributed by atoms with Gasteiger partial charge in [0.05, 0.1) is 5.41 Å². The SMILES string of the molecule is Cc1cc(CCCCC2(OC=O)CC2)ccc1CCCCCC(C)(C)C(=O)O. The topological polar surface area (TPSA) is 63.6 Å². The summed E-state index contributed by atoms with van der Waals surface area (Å²) in [6, 6.07) is 6.80. The number of unbranched alkanes of at least 4 members (excludes halogenated alkanes) is 3. The molecule has 1 aromatic rings. The van der Waals surface area contributed by atoms with Gasteiger partial charge in [0, 0.05) is 0 Å². The van der Waals surface area contributed by atoms with Crippen LogP contribution in [0.4, 0.5) is 0 Å². The number of aliphatic carboxylic acids is 1. The highest BCUT2D eigenvalue weighted by atomic mass is 16.5. The highest BCUT2D eigenvalue weighted by Gasteiger charge is 2.44. The third kappa shape index (κ3) is 6.96. The van der Waals surface area contributed by atoms with Crippen molar-refractivity contribution in [2.75, 3.05) is 0 Å². The van der Waals surface area contributed by atoms with E-state index >= 15 is 0 Å². The molecule has 4 nitrogen and oxygen atoms in total. The van der Waals surface area contributed by atoms with Crippen molar-refractivity contribution in [2.24, 2.45) is 5.41 Å². The zero-order chi connectivity index (χ0) is 20.6. The third-order valence-corrected chi connectivity index (χ3v) is 6.19. The quantitative estimate of drug-likeness (QED) is 0.331. The minimum absolute atomic E-state index is 0.124. The maximum Gasteiger partial charge on any atom is 0.309 e. The molecule has 0 aromatic heterocycles. The molecule has 0 bridgehead atoms. The van der Waals surface area contributed by atoms with Crippen LogP contribution in [0.1, 0.15) is 88.3 Å². The van der Waals surface area contributed by atoms with Gasteiger partial charge < -0.3 is 9.84 Å². The summed E-state index contributed by atoms with van der Waals surface area (Å²) in [5.74, 6) is -0.706. The molecule has 0 aliphatic heterocycles. The smallest absolute Gasteiger partial charge is 0.309 e. The van der Waals surface area contributed by atoms with Crippen LogP contribution in [-0.2, 0) is 27.2 Å². The molecule has 0 spiro atoms. The van der Waals surface area contributed by atoms with E-state index in [9.17, 15) is 9.59 Å². The van der Waals surface area contributed by atoms with Crippen LogP contribution in [0.2, 0.25) is 0 Å². The number of carboxylic acids is 1. The highest BCUT2D eigenvalue weighted by molar-refractivity contribution is 5.73. The standard InChI is InChI=1S/C24H36O4/c1-19-17-20(9-6-8-14-24(15-16-24)28-18-25)11-12-21(19)10-5-4-7-13-23(2,3)22(26)27/h11-12,17-18H,4-10,13-16H2,1-3H3,(H,26,27). The third-order valence-electron chi connectivity index (χ3n) is 6.19. The zero-order valence-electron chi connectivity index (χ0n) is 17.8. The molecule has 4 heteroatoms. The van der Waals surface area contributed by atoms with E-state index < -0.39 is 11.4 Å². The summed E-state index contributed by atoms with van der Waals surface area (Å²) in [6.45, 7) is 6.39. The molecule has 0 saturated heterocycles. The molecule has 28 heavy (non-hydrogen) atoms. The summed E-state index contributed by atoms with van der Waals surface area (Å²) in [4.78, 5) is 21.7. The molecule has 1 aliphatic carbocycles. The van der Waals surface area contributed by atoms with Gasteiger partial charge in [0.25, 0.3) is 6.47 Å². The summed E-state index contributed by atoms with van der Waals surface area (Å²) >= 11 is 0. The fourth-order valence-corrected chi connectivity index (χ4v) is 3.80. The number of carbonyl (C=O) groups is 2. The summed E-state index contributed by atoms with van der Waals surface area (Å²) in [5, 5.41) is 9.16. The lowest BCUT2D eigenvalue weighted by Crippen LogP contribution is -2.23. The van der Waals surface area contributed by atoms with Crippen molar-refractivity contribution in [1.29, 1.82) is 0 Å². The minimum Gasteiger partial charge on any atom is -0.481 e. The van der Waals surface area contributed by atoms with Gasteiger partial charge in [-0.2, -0.15) is 0 Å². The van der Waals surface area contributed by atoms with Gasteiger partial charge in [0.1, 0.15) is 5.60 Å². The number of carboxylic acid groups (broad SMARTS) is 1. The number of aryl methyl sites for hydroxylation is 3. The molecule has 1 N–H and O–H groups in total. The Morgan fingerprint density at radius 2 is 1.86 bits per heavy atom. The molecular weight excluding hydrogens is 352 g/mol. The predicted octanol–water partition coefficient (Wildman–Crippen LogP) is 5.63. The first kappa shape index (κ1) is 22.4. The lowest BCUT2D eigenvalue weighted by atomic mass is 9.87. The molecule has 0 heterocycles. The number of hydrogen-bond donors (Lipinski definition) is 1. The number of ether oxygens (including phenoxy) is 1. The van der Waals surface area contributed by atoms with Gasteiger partial charge in [-0.25, -0.2) is 0 Å². The molecule has 1 aromatic carbocycles. The second-order valence-corrected chi connectivity index (χ2v) is 9.11. The lowest BCUT2D eigenvalue weighted by Gasteiger charge is -2.18. The summed E-state index contributed by atoms with van der Waals surface area (Å²) in [5.41, 5.74) is 3.39. The largest absolute Gasteiger partial charge is 0.481 e. The monoisotopic (exact) mass is 388 g/mol. The van der Waals surface area contributed by atoms with E-state index in [1.807, 2.05) is 0 Å². The van der Waals surface area contributed by atoms with Crippen molar-refractivity contribution in [2.45, 2.75) is 97.0 Å². The van der Waals surface area contributed by atoms with E-state index in [2.05, 4.69) is 25.1 Å². The first-order chi connectivity index (χ1) is 13.3. The Balaban J connectivity index is 1.66.